The van der Waals surface area contributed by atoms with Gasteiger partial charge in [0.05, 0.1) is 0 Å². The van der Waals surface area contributed by atoms with Gasteiger partial charge in [0.25, 0.3) is 0 Å². The zero-order valence-electron chi connectivity index (χ0n) is 13.9. The Hall–Kier alpha value is -3.33. The van der Waals surface area contributed by atoms with E-state index in [9.17, 15) is 5.11 Å². The van der Waals surface area contributed by atoms with Crippen LogP contribution in [0, 0.1) is 6.92 Å². The molecule has 124 valence electrons. The molecule has 0 fully saturated rings. The first-order chi connectivity index (χ1) is 12.1. The number of fused-ring (bicyclic) bond motifs is 1. The highest BCUT2D eigenvalue weighted by Crippen LogP contribution is 2.32. The molecule has 0 unspecified atom stereocenters. The Morgan fingerprint density at radius 1 is 0.720 bits per heavy atom. The monoisotopic (exact) mass is 329 g/mol. The summed E-state index contributed by atoms with van der Waals surface area (Å²) in [5, 5.41) is 19.5. The molecular formula is C22H19NO2. The van der Waals surface area contributed by atoms with Crippen molar-refractivity contribution in [3.8, 4) is 22.6 Å². The highest BCUT2D eigenvalue weighted by atomic mass is 16.3. The molecule has 0 saturated carbocycles. The Balaban J connectivity index is 0.000000219. The molecule has 0 saturated heterocycles. The van der Waals surface area contributed by atoms with Crippen LogP contribution < -0.4 is 0 Å². The summed E-state index contributed by atoms with van der Waals surface area (Å²) >= 11 is 0. The van der Waals surface area contributed by atoms with Crippen molar-refractivity contribution in [3.05, 3.63) is 90.6 Å². The molecule has 0 aliphatic heterocycles. The summed E-state index contributed by atoms with van der Waals surface area (Å²) in [4.78, 5) is 4.41. The third kappa shape index (κ3) is 3.96. The maximum absolute atomic E-state index is 9.90. The van der Waals surface area contributed by atoms with Crippen LogP contribution in [0.4, 0.5) is 0 Å². The maximum Gasteiger partial charge on any atom is 0.141 e. The second kappa shape index (κ2) is 7.49. The second-order valence-electron chi connectivity index (χ2n) is 5.69. The van der Waals surface area contributed by atoms with Gasteiger partial charge in [0.15, 0.2) is 0 Å². The molecule has 3 heteroatoms. The number of nitrogens with zero attached hydrogens (tertiary/aromatic N) is 1. The van der Waals surface area contributed by atoms with Crippen LogP contribution in [0.25, 0.3) is 22.0 Å². The Bertz CT molecular complexity index is 967. The summed E-state index contributed by atoms with van der Waals surface area (Å²) in [6.45, 7) is 1.94. The van der Waals surface area contributed by atoms with Crippen LogP contribution in [0.5, 0.6) is 11.5 Å². The fraction of sp³-hybridized carbons (Fsp3) is 0.0455. The summed E-state index contributed by atoms with van der Waals surface area (Å²) in [7, 11) is 0. The first kappa shape index (κ1) is 16.5. The Kier molecular flexibility index (Phi) is 4.95. The number of benzene rings is 3. The van der Waals surface area contributed by atoms with Crippen molar-refractivity contribution in [2.45, 2.75) is 6.92 Å². The third-order valence-electron chi connectivity index (χ3n) is 3.79. The van der Waals surface area contributed by atoms with Crippen LogP contribution in [-0.2, 0) is 0 Å². The molecule has 0 bridgehead atoms. The molecule has 1 aromatic heterocycles. The fourth-order valence-electron chi connectivity index (χ4n) is 2.65. The number of hydrogen-bond donors (Lipinski definition) is 2. The lowest BCUT2D eigenvalue weighted by Gasteiger charge is -2.09. The van der Waals surface area contributed by atoms with E-state index < -0.39 is 0 Å². The molecule has 4 aromatic rings. The van der Waals surface area contributed by atoms with Gasteiger partial charge in [-0.2, -0.15) is 0 Å². The lowest BCUT2D eigenvalue weighted by atomic mass is 10.00. The molecular weight excluding hydrogens is 310 g/mol. The van der Waals surface area contributed by atoms with Crippen LogP contribution in [-0.4, -0.2) is 15.2 Å². The highest BCUT2D eigenvalue weighted by molar-refractivity contribution is 5.97. The minimum atomic E-state index is 0.230. The molecule has 0 amide bonds. The van der Waals surface area contributed by atoms with Crippen LogP contribution >= 0.6 is 0 Å². The standard InChI is InChI=1S/C16H13NO.C6H6O/c1-11-10-14(12-6-3-2-4-7-12)13-8-5-9-15(18)16(13)17-11;7-6-4-2-1-3-5-6/h2-10,18H,1H3;1-5,7H. The number of hydrogen-bond acceptors (Lipinski definition) is 3. The van der Waals surface area contributed by atoms with E-state index in [0.29, 0.717) is 11.3 Å². The second-order valence-corrected chi connectivity index (χ2v) is 5.69. The predicted octanol–water partition coefficient (Wildman–Crippen LogP) is 5.31. The summed E-state index contributed by atoms with van der Waals surface area (Å²) < 4.78 is 0. The lowest BCUT2D eigenvalue weighted by Crippen LogP contribution is -1.88. The van der Waals surface area contributed by atoms with E-state index in [-0.39, 0.29) is 5.75 Å². The molecule has 3 nitrogen and oxygen atoms in total. The van der Waals surface area contributed by atoms with Gasteiger partial charge in [0, 0.05) is 11.1 Å². The highest BCUT2D eigenvalue weighted by Gasteiger charge is 2.08. The van der Waals surface area contributed by atoms with Gasteiger partial charge in [0.2, 0.25) is 0 Å². The molecule has 0 radical (unpaired) electrons. The van der Waals surface area contributed by atoms with Crippen LogP contribution in [0.3, 0.4) is 0 Å². The van der Waals surface area contributed by atoms with Crippen molar-refractivity contribution in [1.82, 2.24) is 4.98 Å². The third-order valence-corrected chi connectivity index (χ3v) is 3.79. The van der Waals surface area contributed by atoms with E-state index >= 15 is 0 Å². The zero-order chi connectivity index (χ0) is 17.6. The average Bonchev–Trinajstić information content (AvgIpc) is 2.64. The van der Waals surface area contributed by atoms with Gasteiger partial charge in [-0.25, -0.2) is 4.98 Å². The van der Waals surface area contributed by atoms with Crippen LogP contribution in [0.1, 0.15) is 5.69 Å². The number of aromatic nitrogens is 1. The molecule has 2 N–H and O–H groups in total. The van der Waals surface area contributed by atoms with E-state index in [2.05, 4.69) is 23.2 Å². The first-order valence-electron chi connectivity index (χ1n) is 8.04. The number of pyridine rings is 1. The molecule has 0 aliphatic rings. The van der Waals surface area contributed by atoms with E-state index in [1.807, 2.05) is 43.3 Å². The van der Waals surface area contributed by atoms with Crippen LogP contribution in [0.2, 0.25) is 0 Å². The van der Waals surface area contributed by atoms with Gasteiger partial charge in [-0.1, -0.05) is 60.7 Å². The quantitative estimate of drug-likeness (QED) is 0.498. The smallest absolute Gasteiger partial charge is 0.141 e. The van der Waals surface area contributed by atoms with E-state index in [1.165, 1.54) is 0 Å². The molecule has 25 heavy (non-hydrogen) atoms. The molecule has 0 spiro atoms. The summed E-state index contributed by atoms with van der Waals surface area (Å²) in [6.07, 6.45) is 0. The summed E-state index contributed by atoms with van der Waals surface area (Å²) in [5.41, 5.74) is 3.81. The molecule has 4 rings (SSSR count). The number of aromatic hydroxyl groups is 2. The Morgan fingerprint density at radius 2 is 1.36 bits per heavy atom. The number of phenolic OH excluding ortho intramolecular Hbond substituents is 2. The number of aryl methyl sites for hydroxylation is 1. The Labute approximate surface area is 146 Å². The average molecular weight is 329 g/mol. The summed E-state index contributed by atoms with van der Waals surface area (Å²) in [5.74, 6) is 0.552. The van der Waals surface area contributed by atoms with Crippen molar-refractivity contribution < 1.29 is 10.2 Å². The van der Waals surface area contributed by atoms with Crippen molar-refractivity contribution in [2.75, 3.05) is 0 Å². The van der Waals surface area contributed by atoms with Crippen molar-refractivity contribution in [3.63, 3.8) is 0 Å². The molecule has 3 aromatic carbocycles. The van der Waals surface area contributed by atoms with Gasteiger partial charge in [0.1, 0.15) is 17.0 Å². The van der Waals surface area contributed by atoms with E-state index in [4.69, 9.17) is 5.11 Å². The topological polar surface area (TPSA) is 53.4 Å². The van der Waals surface area contributed by atoms with E-state index in [0.717, 1.165) is 22.2 Å². The zero-order valence-corrected chi connectivity index (χ0v) is 13.9. The van der Waals surface area contributed by atoms with Gasteiger partial charge in [-0.05, 0) is 42.3 Å². The summed E-state index contributed by atoms with van der Waals surface area (Å²) in [6, 6.07) is 26.4. The van der Waals surface area contributed by atoms with Gasteiger partial charge >= 0.3 is 0 Å². The maximum atomic E-state index is 9.90. The normalized spacial score (nSPS) is 10.1. The van der Waals surface area contributed by atoms with Gasteiger partial charge in [-0.3, -0.25) is 0 Å². The fourth-order valence-corrected chi connectivity index (χ4v) is 2.65. The minimum absolute atomic E-state index is 0.230. The minimum Gasteiger partial charge on any atom is -0.508 e. The van der Waals surface area contributed by atoms with Gasteiger partial charge in [-0.15, -0.1) is 0 Å². The van der Waals surface area contributed by atoms with Crippen molar-refractivity contribution in [2.24, 2.45) is 0 Å². The lowest BCUT2D eigenvalue weighted by molar-refractivity contribution is 0.475. The van der Waals surface area contributed by atoms with Crippen molar-refractivity contribution in [1.29, 1.82) is 0 Å². The van der Waals surface area contributed by atoms with Gasteiger partial charge < -0.3 is 10.2 Å². The van der Waals surface area contributed by atoms with Crippen molar-refractivity contribution >= 4 is 10.9 Å². The molecule has 0 aliphatic carbocycles. The van der Waals surface area contributed by atoms with Crippen LogP contribution in [0.15, 0.2) is 84.9 Å². The number of phenols is 2. The van der Waals surface area contributed by atoms with E-state index in [1.54, 1.807) is 30.3 Å². The largest absolute Gasteiger partial charge is 0.508 e. The first-order valence-corrected chi connectivity index (χ1v) is 8.04. The number of para-hydroxylation sites is 2. The predicted molar refractivity (Wildman–Crippen MR) is 102 cm³/mol. The molecule has 0 atom stereocenters. The SMILES string of the molecule is Cc1cc(-c2ccccc2)c2cccc(O)c2n1.Oc1ccccc1. The number of rotatable bonds is 1. The Morgan fingerprint density at radius 3 is 1.96 bits per heavy atom. The molecule has 1 heterocycles.